The number of rotatable bonds is 4. The molecule has 3 N–H and O–H groups in total. The highest BCUT2D eigenvalue weighted by molar-refractivity contribution is 14.0. The number of fused-ring (bicyclic) bond motifs is 1. The lowest BCUT2D eigenvalue weighted by molar-refractivity contribution is -0.274. The summed E-state index contributed by atoms with van der Waals surface area (Å²) in [6.45, 7) is 0.259. The molecule has 26 heavy (non-hydrogen) atoms. The molecule has 0 fully saturated rings. The SMILES string of the molecule is I.NC(=NCc1ccnc2ccnn12)Nc1ccc(OC(F)(F)F)cc1. The van der Waals surface area contributed by atoms with E-state index in [0.29, 0.717) is 11.3 Å². The molecular weight excluding hydrogens is 464 g/mol. The maximum Gasteiger partial charge on any atom is 0.573 e. The lowest BCUT2D eigenvalue weighted by Crippen LogP contribution is -2.23. The predicted molar refractivity (Wildman–Crippen MR) is 100 cm³/mol. The average molecular weight is 478 g/mol. The fraction of sp³-hybridized carbons (Fsp3) is 0.133. The fourth-order valence-corrected chi connectivity index (χ4v) is 2.10. The number of nitrogens with two attached hydrogens (primary N) is 1. The Kier molecular flexibility index (Phi) is 6.23. The van der Waals surface area contributed by atoms with E-state index in [9.17, 15) is 13.2 Å². The molecule has 138 valence electrons. The van der Waals surface area contributed by atoms with Gasteiger partial charge in [0.2, 0.25) is 0 Å². The highest BCUT2D eigenvalue weighted by atomic mass is 127. The minimum absolute atomic E-state index is 0. The van der Waals surface area contributed by atoms with Gasteiger partial charge in [0.15, 0.2) is 11.6 Å². The molecule has 11 heteroatoms. The van der Waals surface area contributed by atoms with Crippen molar-refractivity contribution in [2.24, 2.45) is 10.7 Å². The molecule has 0 radical (unpaired) electrons. The first kappa shape index (κ1) is 19.8. The Morgan fingerprint density at radius 3 is 2.58 bits per heavy atom. The third-order valence-corrected chi connectivity index (χ3v) is 3.14. The zero-order valence-corrected chi connectivity index (χ0v) is 15.5. The number of ether oxygens (including phenoxy) is 1. The van der Waals surface area contributed by atoms with E-state index < -0.39 is 6.36 Å². The minimum Gasteiger partial charge on any atom is -0.406 e. The summed E-state index contributed by atoms with van der Waals surface area (Å²) < 4.78 is 41.8. The molecule has 0 amide bonds. The summed E-state index contributed by atoms with van der Waals surface area (Å²) in [6.07, 6.45) is -1.45. The van der Waals surface area contributed by atoms with Crippen molar-refractivity contribution in [2.75, 3.05) is 5.32 Å². The Morgan fingerprint density at radius 1 is 1.15 bits per heavy atom. The van der Waals surface area contributed by atoms with E-state index in [1.807, 2.05) is 0 Å². The molecule has 1 aromatic carbocycles. The van der Waals surface area contributed by atoms with Crippen LogP contribution < -0.4 is 15.8 Å². The lowest BCUT2D eigenvalue weighted by Gasteiger charge is -2.10. The van der Waals surface area contributed by atoms with Gasteiger partial charge < -0.3 is 15.8 Å². The van der Waals surface area contributed by atoms with Crippen molar-refractivity contribution in [1.82, 2.24) is 14.6 Å². The quantitative estimate of drug-likeness (QED) is 0.342. The number of nitrogens with zero attached hydrogens (tertiary/aromatic N) is 4. The Labute approximate surface area is 163 Å². The molecule has 0 atom stereocenters. The molecule has 0 aliphatic heterocycles. The molecule has 3 aromatic rings. The van der Waals surface area contributed by atoms with Gasteiger partial charge >= 0.3 is 6.36 Å². The van der Waals surface area contributed by atoms with Crippen molar-refractivity contribution in [1.29, 1.82) is 0 Å². The summed E-state index contributed by atoms with van der Waals surface area (Å²) in [6, 6.07) is 8.70. The largest absolute Gasteiger partial charge is 0.573 e. The molecular formula is C15H14F3IN6O. The van der Waals surface area contributed by atoms with Crippen LogP contribution in [-0.2, 0) is 6.54 Å². The summed E-state index contributed by atoms with van der Waals surface area (Å²) in [5, 5.41) is 6.93. The highest BCUT2D eigenvalue weighted by Crippen LogP contribution is 2.23. The summed E-state index contributed by atoms with van der Waals surface area (Å²) >= 11 is 0. The molecule has 0 aliphatic rings. The van der Waals surface area contributed by atoms with Gasteiger partial charge in [0.1, 0.15) is 5.75 Å². The van der Waals surface area contributed by atoms with E-state index in [-0.39, 0.29) is 42.2 Å². The van der Waals surface area contributed by atoms with Gasteiger partial charge in [-0.15, -0.1) is 37.1 Å². The number of alkyl halides is 3. The van der Waals surface area contributed by atoms with Gasteiger partial charge in [0, 0.05) is 18.0 Å². The Hall–Kier alpha value is -2.57. The van der Waals surface area contributed by atoms with Crippen molar-refractivity contribution in [3.8, 4) is 5.75 Å². The number of aromatic nitrogens is 3. The number of anilines is 1. The number of guanidine groups is 1. The first-order chi connectivity index (χ1) is 11.9. The Balaban J connectivity index is 0.00000243. The Morgan fingerprint density at radius 2 is 1.88 bits per heavy atom. The molecule has 0 unspecified atom stereocenters. The molecule has 0 saturated heterocycles. The van der Waals surface area contributed by atoms with Crippen LogP contribution in [0.2, 0.25) is 0 Å². The van der Waals surface area contributed by atoms with Crippen molar-refractivity contribution in [3.63, 3.8) is 0 Å². The summed E-state index contributed by atoms with van der Waals surface area (Å²) in [4.78, 5) is 8.33. The number of hydrogen-bond donors (Lipinski definition) is 2. The number of aliphatic imine (C=N–C) groups is 1. The maximum absolute atomic E-state index is 12.1. The normalized spacial score (nSPS) is 11.9. The van der Waals surface area contributed by atoms with Gasteiger partial charge in [0.05, 0.1) is 18.4 Å². The summed E-state index contributed by atoms with van der Waals surface area (Å²) in [5.74, 6) is -0.201. The van der Waals surface area contributed by atoms with Gasteiger partial charge in [-0.1, -0.05) is 0 Å². The number of hydrogen-bond acceptors (Lipinski definition) is 4. The summed E-state index contributed by atoms with van der Waals surface area (Å²) in [5.41, 5.74) is 7.76. The van der Waals surface area contributed by atoms with E-state index in [1.165, 1.54) is 24.3 Å². The molecule has 0 saturated carbocycles. The molecule has 2 heterocycles. The molecule has 0 aliphatic carbocycles. The van der Waals surface area contributed by atoms with Crippen LogP contribution in [0.15, 0.2) is 53.8 Å². The zero-order chi connectivity index (χ0) is 17.9. The van der Waals surface area contributed by atoms with Crippen molar-refractivity contribution < 1.29 is 17.9 Å². The topological polar surface area (TPSA) is 89.8 Å². The third kappa shape index (κ3) is 5.21. The van der Waals surface area contributed by atoms with E-state index in [0.717, 1.165) is 5.69 Å². The molecule has 0 bridgehead atoms. The van der Waals surface area contributed by atoms with Gasteiger partial charge in [0.25, 0.3) is 0 Å². The monoisotopic (exact) mass is 478 g/mol. The van der Waals surface area contributed by atoms with Crippen molar-refractivity contribution in [3.05, 3.63) is 54.5 Å². The van der Waals surface area contributed by atoms with Crippen LogP contribution in [0.25, 0.3) is 5.65 Å². The smallest absolute Gasteiger partial charge is 0.406 e. The molecule has 0 spiro atoms. The lowest BCUT2D eigenvalue weighted by atomic mass is 10.3. The fourth-order valence-electron chi connectivity index (χ4n) is 2.10. The summed E-state index contributed by atoms with van der Waals surface area (Å²) in [7, 11) is 0. The predicted octanol–water partition coefficient (Wildman–Crippen LogP) is 3.17. The van der Waals surface area contributed by atoms with Crippen LogP contribution in [0.1, 0.15) is 5.69 Å². The average Bonchev–Trinajstić information content (AvgIpc) is 3.02. The van der Waals surface area contributed by atoms with Crippen molar-refractivity contribution >= 4 is 41.3 Å². The number of nitrogens with one attached hydrogen (secondary N) is 1. The molecule has 2 aromatic heterocycles. The molecule has 7 nitrogen and oxygen atoms in total. The van der Waals surface area contributed by atoms with Gasteiger partial charge in [-0.3, -0.25) is 0 Å². The second-order valence-electron chi connectivity index (χ2n) is 4.94. The van der Waals surface area contributed by atoms with Gasteiger partial charge in [-0.05, 0) is 30.3 Å². The molecule has 3 rings (SSSR count). The van der Waals surface area contributed by atoms with E-state index in [4.69, 9.17) is 5.73 Å². The van der Waals surface area contributed by atoms with Crippen molar-refractivity contribution in [2.45, 2.75) is 12.9 Å². The van der Waals surface area contributed by atoms with Crippen LogP contribution in [-0.4, -0.2) is 26.9 Å². The van der Waals surface area contributed by atoms with Crippen LogP contribution in [0, 0.1) is 0 Å². The van der Waals surface area contributed by atoms with Crippen LogP contribution in [0.5, 0.6) is 5.75 Å². The van der Waals surface area contributed by atoms with E-state index in [1.54, 1.807) is 29.0 Å². The third-order valence-electron chi connectivity index (χ3n) is 3.14. The maximum atomic E-state index is 12.1. The standard InChI is InChI=1S/C15H13F3N6O.HI/c16-15(17,18)25-12-3-1-10(2-4-12)23-14(19)21-9-11-5-7-20-13-6-8-22-24(11)13;/h1-8H,9H2,(H3,19,21,23);1H. The van der Waals surface area contributed by atoms with Gasteiger partial charge in [-0.25, -0.2) is 14.5 Å². The highest BCUT2D eigenvalue weighted by Gasteiger charge is 2.30. The first-order valence-electron chi connectivity index (χ1n) is 7.11. The number of benzene rings is 1. The van der Waals surface area contributed by atoms with Crippen LogP contribution in [0.3, 0.4) is 0 Å². The van der Waals surface area contributed by atoms with Crippen LogP contribution in [0.4, 0.5) is 18.9 Å². The van der Waals surface area contributed by atoms with E-state index >= 15 is 0 Å². The minimum atomic E-state index is -4.72. The number of halogens is 4. The van der Waals surface area contributed by atoms with Gasteiger partial charge in [-0.2, -0.15) is 5.10 Å². The second kappa shape index (κ2) is 8.21. The first-order valence-corrected chi connectivity index (χ1v) is 7.11. The zero-order valence-electron chi connectivity index (χ0n) is 13.1. The van der Waals surface area contributed by atoms with E-state index in [2.05, 4.69) is 25.1 Å². The second-order valence-corrected chi connectivity index (χ2v) is 4.94. The van der Waals surface area contributed by atoms with Crippen LogP contribution >= 0.6 is 24.0 Å². The Bertz CT molecular complexity index is 894.